The predicted octanol–water partition coefficient (Wildman–Crippen LogP) is 14.9. The third kappa shape index (κ3) is 6.06. The number of hydrogen-bond acceptors (Lipinski definition) is 4. The van der Waals surface area contributed by atoms with Gasteiger partial charge in [0.25, 0.3) is 0 Å². The summed E-state index contributed by atoms with van der Waals surface area (Å²) in [6.07, 6.45) is 0. The van der Waals surface area contributed by atoms with E-state index in [0.29, 0.717) is 17.5 Å². The molecule has 9 aromatic carbocycles. The molecule has 0 fully saturated rings. The smallest absolute Gasteiger partial charge is 0.164 e. The van der Waals surface area contributed by atoms with E-state index < -0.39 is 0 Å². The van der Waals surface area contributed by atoms with Crippen molar-refractivity contribution in [3.05, 3.63) is 218 Å². The fourth-order valence-corrected chi connectivity index (χ4v) is 8.88. The Bertz CT molecular complexity index is 3490. The van der Waals surface area contributed by atoms with Crippen molar-refractivity contribution in [3.8, 4) is 73.2 Å². The summed E-state index contributed by atoms with van der Waals surface area (Å²) in [5, 5.41) is 4.49. The first kappa shape index (κ1) is 35.5. The summed E-state index contributed by atoms with van der Waals surface area (Å²) in [4.78, 5) is 15.3. The molecule has 0 aliphatic heterocycles. The van der Waals surface area contributed by atoms with Gasteiger partial charge in [-0.3, -0.25) is 0 Å². The second-order valence-corrected chi connectivity index (χ2v) is 15.6. The molecule has 0 unspecified atom stereocenters. The van der Waals surface area contributed by atoms with Crippen LogP contribution in [0.1, 0.15) is 0 Å². The predicted molar refractivity (Wildman–Crippen MR) is 254 cm³/mol. The van der Waals surface area contributed by atoms with Crippen molar-refractivity contribution in [1.29, 1.82) is 0 Å². The summed E-state index contributed by atoms with van der Waals surface area (Å²) in [6, 6.07) is 76.2. The van der Waals surface area contributed by atoms with Crippen LogP contribution in [0.4, 0.5) is 0 Å². The first-order chi connectivity index (χ1) is 30.7. The Morgan fingerprint density at radius 2 is 0.790 bits per heavy atom. The maximum absolute atomic E-state index is 6.93. The minimum atomic E-state index is 0.572. The average Bonchev–Trinajstić information content (AvgIpc) is 3.90. The van der Waals surface area contributed by atoms with E-state index in [1.165, 1.54) is 21.9 Å². The van der Waals surface area contributed by atoms with Crippen LogP contribution in [0.2, 0.25) is 0 Å². The lowest BCUT2D eigenvalue weighted by molar-refractivity contribution is 0.666. The number of para-hydroxylation sites is 2. The van der Waals surface area contributed by atoms with E-state index in [-0.39, 0.29) is 0 Å². The van der Waals surface area contributed by atoms with Crippen LogP contribution in [0.3, 0.4) is 0 Å². The van der Waals surface area contributed by atoms with Gasteiger partial charge in [-0.25, -0.2) is 15.0 Å². The van der Waals surface area contributed by atoms with Gasteiger partial charge in [-0.15, -0.1) is 0 Å². The number of fused-ring (bicyclic) bond motifs is 6. The topological polar surface area (TPSA) is 56.7 Å². The van der Waals surface area contributed by atoms with E-state index in [4.69, 9.17) is 19.4 Å². The maximum Gasteiger partial charge on any atom is 0.164 e. The van der Waals surface area contributed by atoms with E-state index in [0.717, 1.165) is 77.6 Å². The van der Waals surface area contributed by atoms with E-state index in [1.807, 2.05) is 12.1 Å². The van der Waals surface area contributed by atoms with Crippen LogP contribution >= 0.6 is 0 Å². The van der Waals surface area contributed by atoms with Crippen molar-refractivity contribution in [2.24, 2.45) is 0 Å². The van der Waals surface area contributed by atoms with Crippen LogP contribution in [-0.4, -0.2) is 19.5 Å². The summed E-state index contributed by atoms with van der Waals surface area (Å²) < 4.78 is 9.28. The molecular weight excluding hydrogens is 757 g/mol. The van der Waals surface area contributed by atoms with Gasteiger partial charge in [-0.1, -0.05) is 188 Å². The molecule has 0 atom stereocenters. The van der Waals surface area contributed by atoms with Gasteiger partial charge in [-0.05, 0) is 63.7 Å². The monoisotopic (exact) mass is 792 g/mol. The Hall–Kier alpha value is -8.41. The minimum absolute atomic E-state index is 0.572. The van der Waals surface area contributed by atoms with Crippen molar-refractivity contribution in [3.63, 3.8) is 0 Å². The Kier molecular flexibility index (Phi) is 8.42. The number of furan rings is 1. The van der Waals surface area contributed by atoms with Crippen LogP contribution in [0.5, 0.6) is 0 Å². The molecule has 0 saturated heterocycles. The molecule has 0 aliphatic carbocycles. The summed E-state index contributed by atoms with van der Waals surface area (Å²) >= 11 is 0. The molecule has 12 aromatic rings. The standard InChI is InChI=1S/C57H36N4O/c1-4-14-37(15-5-1)39-26-30-42(31-27-39)55-58-56(43-32-28-40(29-33-43)38-16-6-2-7-17-38)60-57(59-55)44-34-35-46-47-22-13-25-51(54(47)62-52(46)36-44)61-49-23-11-10-20-48(49)53-45(21-12-24-50(53)61)41-18-8-3-9-19-41/h1-36H. The van der Waals surface area contributed by atoms with Gasteiger partial charge in [0.05, 0.1) is 16.7 Å². The van der Waals surface area contributed by atoms with Crippen molar-refractivity contribution in [2.75, 3.05) is 0 Å². The number of rotatable bonds is 7. The van der Waals surface area contributed by atoms with Gasteiger partial charge < -0.3 is 8.98 Å². The van der Waals surface area contributed by atoms with Crippen LogP contribution in [0.15, 0.2) is 223 Å². The van der Waals surface area contributed by atoms with Crippen molar-refractivity contribution < 1.29 is 4.42 Å². The van der Waals surface area contributed by atoms with Crippen molar-refractivity contribution in [2.45, 2.75) is 0 Å². The van der Waals surface area contributed by atoms with E-state index >= 15 is 0 Å². The molecule has 12 rings (SSSR count). The summed E-state index contributed by atoms with van der Waals surface area (Å²) in [5.41, 5.74) is 14.5. The lowest BCUT2D eigenvalue weighted by Crippen LogP contribution is -2.00. The van der Waals surface area contributed by atoms with Crippen molar-refractivity contribution >= 4 is 43.7 Å². The molecule has 290 valence electrons. The molecular formula is C57H36N4O. The molecule has 3 heterocycles. The Morgan fingerprint density at radius 3 is 1.42 bits per heavy atom. The first-order valence-corrected chi connectivity index (χ1v) is 20.8. The highest BCUT2D eigenvalue weighted by atomic mass is 16.3. The Morgan fingerprint density at radius 1 is 0.323 bits per heavy atom. The molecule has 0 bridgehead atoms. The summed E-state index contributed by atoms with van der Waals surface area (Å²) in [5.74, 6) is 1.78. The zero-order chi connectivity index (χ0) is 41.0. The average molecular weight is 793 g/mol. The number of aromatic nitrogens is 4. The highest BCUT2D eigenvalue weighted by Gasteiger charge is 2.21. The maximum atomic E-state index is 6.93. The van der Waals surface area contributed by atoms with Gasteiger partial charge in [0.15, 0.2) is 23.1 Å². The van der Waals surface area contributed by atoms with Crippen molar-refractivity contribution in [1.82, 2.24) is 19.5 Å². The zero-order valence-electron chi connectivity index (χ0n) is 33.5. The normalized spacial score (nSPS) is 11.5. The minimum Gasteiger partial charge on any atom is -0.454 e. The lowest BCUT2D eigenvalue weighted by atomic mass is 9.99. The molecule has 0 aliphatic rings. The molecule has 3 aromatic heterocycles. The van der Waals surface area contributed by atoms with Gasteiger partial charge in [-0.2, -0.15) is 0 Å². The van der Waals surface area contributed by atoms with Gasteiger partial charge >= 0.3 is 0 Å². The number of hydrogen-bond donors (Lipinski definition) is 0. The highest BCUT2D eigenvalue weighted by molar-refractivity contribution is 6.17. The summed E-state index contributed by atoms with van der Waals surface area (Å²) in [6.45, 7) is 0. The molecule has 0 N–H and O–H groups in total. The highest BCUT2D eigenvalue weighted by Crippen LogP contribution is 2.42. The molecule has 0 amide bonds. The van der Waals surface area contributed by atoms with E-state index in [2.05, 4.69) is 211 Å². The van der Waals surface area contributed by atoms with Crippen LogP contribution in [0, 0.1) is 0 Å². The Balaban J connectivity index is 0.999. The van der Waals surface area contributed by atoms with Gasteiger partial charge in [0.1, 0.15) is 5.58 Å². The molecule has 0 radical (unpaired) electrons. The third-order valence-corrected chi connectivity index (χ3v) is 11.9. The largest absolute Gasteiger partial charge is 0.454 e. The van der Waals surface area contributed by atoms with Gasteiger partial charge in [0.2, 0.25) is 0 Å². The van der Waals surface area contributed by atoms with Crippen LogP contribution in [-0.2, 0) is 0 Å². The Labute approximate surface area is 357 Å². The van der Waals surface area contributed by atoms with Crippen LogP contribution in [0.25, 0.3) is 117 Å². The SMILES string of the molecule is c1ccc(-c2ccc(-c3nc(-c4ccc(-c5ccccc5)cc4)nc(-c4ccc5c(c4)oc4c(-n6c7ccccc7c7c(-c8ccccc8)cccc76)cccc45)n3)cc2)cc1. The third-order valence-electron chi connectivity index (χ3n) is 11.9. The van der Waals surface area contributed by atoms with Crippen LogP contribution < -0.4 is 0 Å². The molecule has 0 saturated carbocycles. The number of benzene rings is 9. The fraction of sp³-hybridized carbons (Fsp3) is 0. The molecule has 5 heteroatoms. The second kappa shape index (κ2) is 14.7. The summed E-state index contributed by atoms with van der Waals surface area (Å²) in [7, 11) is 0. The number of nitrogens with zero attached hydrogens (tertiary/aromatic N) is 4. The van der Waals surface area contributed by atoms with Gasteiger partial charge in [0, 0.05) is 38.2 Å². The molecule has 62 heavy (non-hydrogen) atoms. The lowest BCUT2D eigenvalue weighted by Gasteiger charge is -2.10. The second-order valence-electron chi connectivity index (χ2n) is 15.6. The quantitative estimate of drug-likeness (QED) is 0.161. The van der Waals surface area contributed by atoms with E-state index in [9.17, 15) is 0 Å². The molecule has 5 nitrogen and oxygen atoms in total. The fourth-order valence-electron chi connectivity index (χ4n) is 8.88. The van der Waals surface area contributed by atoms with E-state index in [1.54, 1.807) is 0 Å². The zero-order valence-corrected chi connectivity index (χ0v) is 33.5. The first-order valence-electron chi connectivity index (χ1n) is 20.8. The molecule has 0 spiro atoms.